The van der Waals surface area contributed by atoms with Crippen LogP contribution in [-0.4, -0.2) is 4.57 Å². The van der Waals surface area contributed by atoms with Crippen molar-refractivity contribution in [2.24, 2.45) is 0 Å². The lowest BCUT2D eigenvalue weighted by atomic mass is 9.60. The maximum absolute atomic E-state index is 13.6. The van der Waals surface area contributed by atoms with Crippen molar-refractivity contribution in [2.75, 3.05) is 4.90 Å². The maximum atomic E-state index is 13.6. The average Bonchev–Trinajstić information content (AvgIpc) is 3.51. The van der Waals surface area contributed by atoms with Gasteiger partial charge in [0.15, 0.2) is 0 Å². The number of allylic oxidation sites excluding steroid dienone is 4. The van der Waals surface area contributed by atoms with E-state index in [-0.39, 0.29) is 16.3 Å². The molecule has 8 aromatic rings. The fourth-order valence-electron chi connectivity index (χ4n) is 8.75. The van der Waals surface area contributed by atoms with Gasteiger partial charge in [0.05, 0.1) is 21.8 Å². The monoisotopic (exact) mass is 702 g/mol. The van der Waals surface area contributed by atoms with Gasteiger partial charge in [-0.1, -0.05) is 107 Å². The van der Waals surface area contributed by atoms with E-state index in [1.54, 1.807) is 0 Å². The first kappa shape index (κ1) is 33.4. The molecule has 0 fully saturated rings. The van der Waals surface area contributed by atoms with E-state index in [4.69, 9.17) is 4.42 Å². The quantitative estimate of drug-likeness (QED) is 0.128. The van der Waals surface area contributed by atoms with Crippen LogP contribution >= 0.6 is 0 Å². The van der Waals surface area contributed by atoms with Crippen LogP contribution in [0.1, 0.15) is 56.9 Å². The first-order valence-corrected chi connectivity index (χ1v) is 18.6. The Morgan fingerprint density at radius 3 is 1.98 bits per heavy atom. The second-order valence-electron chi connectivity index (χ2n) is 15.3. The molecule has 0 saturated heterocycles. The molecule has 2 heterocycles. The van der Waals surface area contributed by atoms with Crippen molar-refractivity contribution in [3.8, 4) is 5.69 Å². The highest BCUT2D eigenvalue weighted by molar-refractivity contribution is 6.11. The second kappa shape index (κ2) is 12.3. The van der Waals surface area contributed by atoms with Crippen LogP contribution in [0.15, 0.2) is 173 Å². The van der Waals surface area contributed by atoms with Crippen LogP contribution in [0, 0.1) is 0 Å². The zero-order valence-electron chi connectivity index (χ0n) is 31.4. The summed E-state index contributed by atoms with van der Waals surface area (Å²) in [5.74, 6) is 0. The van der Waals surface area contributed by atoms with Crippen LogP contribution in [0.4, 0.5) is 11.4 Å². The molecule has 0 aliphatic heterocycles. The summed E-state index contributed by atoms with van der Waals surface area (Å²) in [5.41, 5.74) is 12.1. The smallest absolute Gasteiger partial charge is 0.200 e. The Balaban J connectivity index is 1.38. The molecule has 0 saturated carbocycles. The van der Waals surface area contributed by atoms with Gasteiger partial charge < -0.3 is 13.9 Å². The fraction of sp³-hybridized carbons (Fsp3) is 0.140. The highest BCUT2D eigenvalue weighted by Crippen LogP contribution is 2.52. The number of fused-ring (bicyclic) bond motifs is 7. The minimum atomic E-state index is -0.224. The molecule has 264 valence electrons. The van der Waals surface area contributed by atoms with Gasteiger partial charge >= 0.3 is 0 Å². The Morgan fingerprint density at radius 2 is 1.26 bits per heavy atom. The number of benzene rings is 6. The van der Waals surface area contributed by atoms with Gasteiger partial charge in [0, 0.05) is 50.4 Å². The Labute approximate surface area is 315 Å². The van der Waals surface area contributed by atoms with Gasteiger partial charge in [-0.15, -0.1) is 0 Å². The van der Waals surface area contributed by atoms with Crippen LogP contribution in [0.3, 0.4) is 0 Å². The van der Waals surface area contributed by atoms with Gasteiger partial charge in [-0.3, -0.25) is 4.79 Å². The summed E-state index contributed by atoms with van der Waals surface area (Å²) in [7, 11) is 0. The van der Waals surface area contributed by atoms with Crippen molar-refractivity contribution in [3.05, 3.63) is 196 Å². The molecular formula is C50H42N2O2. The van der Waals surface area contributed by atoms with Gasteiger partial charge in [-0.05, 0) is 102 Å². The number of rotatable bonds is 6. The molecule has 9 rings (SSSR count). The predicted octanol–water partition coefficient (Wildman–Crippen LogP) is 12.8. The molecule has 0 atom stereocenters. The van der Waals surface area contributed by atoms with Crippen molar-refractivity contribution >= 4 is 55.1 Å². The Bertz CT molecular complexity index is 2940. The van der Waals surface area contributed by atoms with E-state index < -0.39 is 0 Å². The lowest BCUT2D eigenvalue weighted by molar-refractivity contribution is 0.521. The number of hydrogen-bond donors (Lipinski definition) is 0. The minimum Gasteiger partial charge on any atom is -0.456 e. The highest BCUT2D eigenvalue weighted by Gasteiger charge is 2.42. The van der Waals surface area contributed by atoms with Gasteiger partial charge in [0.25, 0.3) is 0 Å². The molecule has 0 spiro atoms. The lowest BCUT2D eigenvalue weighted by Gasteiger charge is -2.44. The molecule has 54 heavy (non-hydrogen) atoms. The Hall–Kier alpha value is -6.39. The molecule has 4 heteroatoms. The fourth-order valence-corrected chi connectivity index (χ4v) is 8.75. The van der Waals surface area contributed by atoms with Crippen LogP contribution < -0.4 is 10.3 Å². The summed E-state index contributed by atoms with van der Waals surface area (Å²) in [4.78, 5) is 15.9. The Morgan fingerprint density at radius 1 is 0.630 bits per heavy atom. The van der Waals surface area contributed by atoms with Crippen molar-refractivity contribution in [1.29, 1.82) is 0 Å². The molecular weight excluding hydrogens is 661 g/mol. The third-order valence-electron chi connectivity index (χ3n) is 11.5. The molecule has 4 nitrogen and oxygen atoms in total. The number of nitrogens with zero attached hydrogens (tertiary/aromatic N) is 2. The van der Waals surface area contributed by atoms with Crippen LogP contribution in [0.2, 0.25) is 0 Å². The normalized spacial score (nSPS) is 14.9. The zero-order chi connectivity index (χ0) is 37.4. The summed E-state index contributed by atoms with van der Waals surface area (Å²) in [6.07, 6.45) is 8.06. The Kier molecular flexibility index (Phi) is 7.65. The molecule has 0 bridgehead atoms. The molecule has 2 aromatic heterocycles. The van der Waals surface area contributed by atoms with Gasteiger partial charge in [0.2, 0.25) is 5.43 Å². The first-order chi connectivity index (χ1) is 26.1. The van der Waals surface area contributed by atoms with E-state index in [1.807, 2.05) is 67.6 Å². The number of hydrogen-bond acceptors (Lipinski definition) is 3. The maximum Gasteiger partial charge on any atom is 0.200 e. The largest absolute Gasteiger partial charge is 0.456 e. The van der Waals surface area contributed by atoms with E-state index in [0.717, 1.165) is 39.2 Å². The summed E-state index contributed by atoms with van der Waals surface area (Å²) >= 11 is 0. The average molecular weight is 703 g/mol. The SMILES string of the molecule is C=C/C(=C\C=C/C)N(c1ccccc1)c1ccc2c3cc4c(cc3n(-c3ccc5c(=O)c6ccccc6oc5c3)c2c1)C(C)(C)c1ccccc1C4(C)C. The van der Waals surface area contributed by atoms with Crippen LogP contribution in [0.25, 0.3) is 49.4 Å². The second-order valence-corrected chi connectivity index (χ2v) is 15.3. The van der Waals surface area contributed by atoms with Gasteiger partial charge in [-0.2, -0.15) is 0 Å². The van der Waals surface area contributed by atoms with Crippen molar-refractivity contribution < 1.29 is 4.42 Å². The van der Waals surface area contributed by atoms with Crippen molar-refractivity contribution in [2.45, 2.75) is 45.4 Å². The lowest BCUT2D eigenvalue weighted by Crippen LogP contribution is -2.36. The zero-order valence-corrected chi connectivity index (χ0v) is 31.4. The van der Waals surface area contributed by atoms with E-state index >= 15 is 0 Å². The molecule has 0 amide bonds. The molecule has 6 aromatic carbocycles. The van der Waals surface area contributed by atoms with Crippen LogP contribution in [0.5, 0.6) is 0 Å². The third-order valence-corrected chi connectivity index (χ3v) is 11.5. The summed E-state index contributed by atoms with van der Waals surface area (Å²) < 4.78 is 8.78. The number of anilines is 2. The summed E-state index contributed by atoms with van der Waals surface area (Å²) in [6, 6.07) is 44.4. The topological polar surface area (TPSA) is 38.4 Å². The number of para-hydroxylation sites is 2. The molecule has 0 unspecified atom stereocenters. The summed E-state index contributed by atoms with van der Waals surface area (Å²) in [6.45, 7) is 15.6. The van der Waals surface area contributed by atoms with Crippen molar-refractivity contribution in [3.63, 3.8) is 0 Å². The van der Waals surface area contributed by atoms with E-state index in [2.05, 4.69) is 135 Å². The molecule has 0 radical (unpaired) electrons. The third kappa shape index (κ3) is 4.94. The van der Waals surface area contributed by atoms with E-state index in [1.165, 1.54) is 27.6 Å². The van der Waals surface area contributed by atoms with Crippen molar-refractivity contribution in [1.82, 2.24) is 4.57 Å². The number of aromatic nitrogens is 1. The molecule has 1 aliphatic rings. The van der Waals surface area contributed by atoms with E-state index in [9.17, 15) is 4.79 Å². The van der Waals surface area contributed by atoms with Gasteiger partial charge in [-0.25, -0.2) is 0 Å². The highest BCUT2D eigenvalue weighted by atomic mass is 16.3. The predicted molar refractivity (Wildman–Crippen MR) is 227 cm³/mol. The van der Waals surface area contributed by atoms with E-state index in [0.29, 0.717) is 21.9 Å². The molecule has 1 aliphatic carbocycles. The molecule has 0 N–H and O–H groups in total. The minimum absolute atomic E-state index is 0.0250. The summed E-state index contributed by atoms with van der Waals surface area (Å²) in [5, 5.41) is 3.48. The standard InChI is InChI=1S/C50H42N2O2/c1-7-9-17-32(8-2)51(33-18-11-10-12-19-33)34-24-26-36-39-30-42-43(50(5,6)41-22-15-14-21-40(41)49(42,3)4)31-45(39)52(44(36)28-34)35-25-27-38-47(29-35)54-46-23-16-13-20-37(46)48(38)53/h7-31H,2H2,1,3-6H3/b9-7-,32-17+. The first-order valence-electron chi connectivity index (χ1n) is 18.6. The van der Waals surface area contributed by atoms with Crippen LogP contribution in [-0.2, 0) is 10.8 Å². The van der Waals surface area contributed by atoms with Gasteiger partial charge in [0.1, 0.15) is 11.2 Å².